The lowest BCUT2D eigenvalue weighted by atomic mass is 10.1. The van der Waals surface area contributed by atoms with Crippen molar-refractivity contribution in [3.05, 3.63) is 82.4 Å². The van der Waals surface area contributed by atoms with E-state index < -0.39 is 0 Å². The first kappa shape index (κ1) is 15.0. The monoisotopic (exact) mass is 310 g/mol. The number of benzene rings is 2. The lowest BCUT2D eigenvalue weighted by Gasteiger charge is -2.09. The fourth-order valence-corrected chi connectivity index (χ4v) is 2.29. The van der Waals surface area contributed by atoms with Crippen LogP contribution in [-0.4, -0.2) is 16.9 Å². The Bertz CT molecular complexity index is 890. The van der Waals surface area contributed by atoms with Gasteiger partial charge < -0.3 is 4.74 Å². The van der Waals surface area contributed by atoms with Gasteiger partial charge in [-0.1, -0.05) is 30.3 Å². The number of halogens is 1. The molecule has 0 saturated heterocycles. The summed E-state index contributed by atoms with van der Waals surface area (Å²) in [6, 6.07) is 16.8. The van der Waals surface area contributed by atoms with Crippen molar-refractivity contribution < 1.29 is 9.13 Å². The molecule has 0 aliphatic heterocycles. The summed E-state index contributed by atoms with van der Waals surface area (Å²) in [5.41, 5.74) is 1.59. The van der Waals surface area contributed by atoms with E-state index in [1.165, 1.54) is 16.8 Å². The molecule has 0 aliphatic rings. The highest BCUT2D eigenvalue weighted by molar-refractivity contribution is 5.60. The summed E-state index contributed by atoms with van der Waals surface area (Å²) in [5.74, 6) is 0.351. The molecule has 1 heterocycles. The molecule has 116 valence electrons. The van der Waals surface area contributed by atoms with Gasteiger partial charge in [-0.25, -0.2) is 9.07 Å². The fraction of sp³-hybridized carbons (Fsp3) is 0.111. The molecular formula is C18H15FN2O2. The minimum atomic E-state index is -0.354. The molecule has 1 aromatic heterocycles. The quantitative estimate of drug-likeness (QED) is 0.744. The second-order valence-corrected chi connectivity index (χ2v) is 5.04. The largest absolute Gasteiger partial charge is 0.497 e. The summed E-state index contributed by atoms with van der Waals surface area (Å²) >= 11 is 0. The molecule has 0 N–H and O–H groups in total. The van der Waals surface area contributed by atoms with E-state index in [0.29, 0.717) is 17.0 Å². The van der Waals surface area contributed by atoms with Gasteiger partial charge in [0.05, 0.1) is 19.3 Å². The van der Waals surface area contributed by atoms with Crippen molar-refractivity contribution in [2.24, 2.45) is 0 Å². The van der Waals surface area contributed by atoms with Crippen LogP contribution in [0.1, 0.15) is 5.56 Å². The van der Waals surface area contributed by atoms with E-state index >= 15 is 0 Å². The Balaban J connectivity index is 1.99. The highest BCUT2D eigenvalue weighted by Gasteiger charge is 2.07. The Hall–Kier alpha value is -2.95. The van der Waals surface area contributed by atoms with Crippen molar-refractivity contribution >= 4 is 0 Å². The average molecular weight is 310 g/mol. The maximum absolute atomic E-state index is 13.8. The van der Waals surface area contributed by atoms with Crippen LogP contribution in [0.15, 0.2) is 65.5 Å². The zero-order chi connectivity index (χ0) is 16.2. The minimum Gasteiger partial charge on any atom is -0.497 e. The van der Waals surface area contributed by atoms with Crippen LogP contribution in [0, 0.1) is 5.82 Å². The van der Waals surface area contributed by atoms with Gasteiger partial charge >= 0.3 is 0 Å². The summed E-state index contributed by atoms with van der Waals surface area (Å²) < 4.78 is 20.2. The molecular weight excluding hydrogens is 295 g/mol. The summed E-state index contributed by atoms with van der Waals surface area (Å²) in [4.78, 5) is 12.0. The lowest BCUT2D eigenvalue weighted by molar-refractivity contribution is 0.415. The maximum atomic E-state index is 13.8. The molecule has 4 nitrogen and oxygen atoms in total. The van der Waals surface area contributed by atoms with Crippen LogP contribution < -0.4 is 10.3 Å². The van der Waals surface area contributed by atoms with E-state index in [9.17, 15) is 9.18 Å². The van der Waals surface area contributed by atoms with Crippen molar-refractivity contribution in [3.63, 3.8) is 0 Å². The van der Waals surface area contributed by atoms with E-state index in [-0.39, 0.29) is 17.9 Å². The van der Waals surface area contributed by atoms with Gasteiger partial charge in [-0.05, 0) is 24.3 Å². The molecule has 3 rings (SSSR count). The summed E-state index contributed by atoms with van der Waals surface area (Å²) in [6.45, 7) is 0.0866. The Labute approximate surface area is 132 Å². The number of rotatable bonds is 4. The van der Waals surface area contributed by atoms with Crippen LogP contribution in [0.4, 0.5) is 4.39 Å². The first-order valence-electron chi connectivity index (χ1n) is 7.13. The summed E-state index contributed by atoms with van der Waals surface area (Å²) in [5, 5.41) is 4.34. The van der Waals surface area contributed by atoms with Crippen LogP contribution in [0.25, 0.3) is 11.3 Å². The van der Waals surface area contributed by atoms with Gasteiger partial charge in [0.2, 0.25) is 0 Å². The number of methoxy groups -OCH3 is 1. The summed E-state index contributed by atoms with van der Waals surface area (Å²) in [7, 11) is 1.59. The normalized spacial score (nSPS) is 10.5. The average Bonchev–Trinajstić information content (AvgIpc) is 2.59. The topological polar surface area (TPSA) is 44.1 Å². The number of ether oxygens (including phenoxy) is 1. The molecule has 0 radical (unpaired) electrons. The van der Waals surface area contributed by atoms with Gasteiger partial charge in [-0.2, -0.15) is 5.10 Å². The zero-order valence-electron chi connectivity index (χ0n) is 12.6. The molecule has 23 heavy (non-hydrogen) atoms. The molecule has 0 bridgehead atoms. The van der Waals surface area contributed by atoms with Crippen LogP contribution in [0.5, 0.6) is 5.75 Å². The second-order valence-electron chi connectivity index (χ2n) is 5.04. The minimum absolute atomic E-state index is 0.0866. The number of nitrogens with zero attached hydrogens (tertiary/aromatic N) is 2. The Morgan fingerprint density at radius 2 is 1.91 bits per heavy atom. The van der Waals surface area contributed by atoms with Gasteiger partial charge in [-0.3, -0.25) is 4.79 Å². The van der Waals surface area contributed by atoms with Crippen molar-refractivity contribution in [1.82, 2.24) is 9.78 Å². The predicted molar refractivity (Wildman–Crippen MR) is 86.0 cm³/mol. The van der Waals surface area contributed by atoms with Crippen LogP contribution >= 0.6 is 0 Å². The van der Waals surface area contributed by atoms with Crippen LogP contribution in [0.2, 0.25) is 0 Å². The van der Waals surface area contributed by atoms with Crippen molar-refractivity contribution in [3.8, 4) is 17.0 Å². The number of aromatic nitrogens is 2. The third-order valence-corrected chi connectivity index (χ3v) is 3.51. The van der Waals surface area contributed by atoms with E-state index in [0.717, 1.165) is 5.56 Å². The van der Waals surface area contributed by atoms with Crippen LogP contribution in [0.3, 0.4) is 0 Å². The molecule has 0 aliphatic carbocycles. The van der Waals surface area contributed by atoms with Crippen molar-refractivity contribution in [2.75, 3.05) is 7.11 Å². The maximum Gasteiger partial charge on any atom is 0.267 e. The molecule has 0 fully saturated rings. The zero-order valence-corrected chi connectivity index (χ0v) is 12.6. The Kier molecular flexibility index (Phi) is 4.19. The van der Waals surface area contributed by atoms with Crippen molar-refractivity contribution in [2.45, 2.75) is 6.54 Å². The van der Waals surface area contributed by atoms with Crippen molar-refractivity contribution in [1.29, 1.82) is 0 Å². The van der Waals surface area contributed by atoms with Gasteiger partial charge in [0.25, 0.3) is 5.56 Å². The fourth-order valence-electron chi connectivity index (χ4n) is 2.29. The predicted octanol–water partition coefficient (Wildman–Crippen LogP) is 3.11. The SMILES string of the molecule is COc1cccc(-c2ccc(=O)n(Cc3ccccc3F)n2)c1. The van der Waals surface area contributed by atoms with E-state index in [1.807, 2.05) is 24.3 Å². The highest BCUT2D eigenvalue weighted by Crippen LogP contribution is 2.21. The Morgan fingerprint density at radius 3 is 2.70 bits per heavy atom. The first-order chi connectivity index (χ1) is 11.2. The highest BCUT2D eigenvalue weighted by atomic mass is 19.1. The number of hydrogen-bond acceptors (Lipinski definition) is 3. The van der Waals surface area contributed by atoms with Gasteiger partial charge in [-0.15, -0.1) is 0 Å². The van der Waals surface area contributed by atoms with Gasteiger partial charge in [0.15, 0.2) is 0 Å². The van der Waals surface area contributed by atoms with Gasteiger partial charge in [0.1, 0.15) is 11.6 Å². The van der Waals surface area contributed by atoms with E-state index in [2.05, 4.69) is 5.10 Å². The van der Waals surface area contributed by atoms with Gasteiger partial charge in [0, 0.05) is 17.2 Å². The first-order valence-corrected chi connectivity index (χ1v) is 7.13. The Morgan fingerprint density at radius 1 is 1.09 bits per heavy atom. The molecule has 0 spiro atoms. The molecule has 5 heteroatoms. The smallest absolute Gasteiger partial charge is 0.267 e. The number of hydrogen-bond donors (Lipinski definition) is 0. The standard InChI is InChI=1S/C18H15FN2O2/c1-23-15-7-4-6-13(11-15)17-9-10-18(22)21(20-17)12-14-5-2-3-8-16(14)19/h2-11H,12H2,1H3. The molecule has 3 aromatic rings. The molecule has 0 amide bonds. The van der Waals surface area contributed by atoms with Crippen LogP contribution in [-0.2, 0) is 6.54 Å². The molecule has 0 atom stereocenters. The third-order valence-electron chi connectivity index (χ3n) is 3.51. The molecule has 0 unspecified atom stereocenters. The second kappa shape index (κ2) is 6.44. The molecule has 2 aromatic carbocycles. The third kappa shape index (κ3) is 3.29. The van der Waals surface area contributed by atoms with E-state index in [1.54, 1.807) is 31.4 Å². The van der Waals surface area contributed by atoms with E-state index in [4.69, 9.17) is 4.74 Å². The summed E-state index contributed by atoms with van der Waals surface area (Å²) in [6.07, 6.45) is 0. The lowest BCUT2D eigenvalue weighted by Crippen LogP contribution is -2.23. The molecule has 0 saturated carbocycles.